The van der Waals surface area contributed by atoms with Crippen LogP contribution in [-0.2, 0) is 11.0 Å². The largest absolute Gasteiger partial charge is 0.417 e. The summed E-state index contributed by atoms with van der Waals surface area (Å²) in [5.41, 5.74) is -0.889. The van der Waals surface area contributed by atoms with Crippen LogP contribution in [0.25, 0.3) is 22.1 Å². The molecule has 0 aliphatic carbocycles. The van der Waals surface area contributed by atoms with Crippen molar-refractivity contribution in [3.05, 3.63) is 113 Å². The standard InChI is InChI=1S/C32H21F3N4O5/c1-17(40)37-21-9-11-22(25(15-21)32(33,34)35)20-8-10-23-27(14-20)44-39-28(23)31(43)38-26-12-7-18(16-36)13-24(26)30(42)29(41)19-5-3-2-4-6-19/h2-15,30,42H,1H3,(H,37,40)(H,38,43). The lowest BCUT2D eigenvalue weighted by Gasteiger charge is -2.16. The number of carbonyl (C=O) groups is 3. The van der Waals surface area contributed by atoms with E-state index in [0.29, 0.717) is 0 Å². The Labute approximate surface area is 247 Å². The second-order valence-electron chi connectivity index (χ2n) is 9.68. The highest BCUT2D eigenvalue weighted by atomic mass is 19.4. The van der Waals surface area contributed by atoms with Crippen LogP contribution in [0.5, 0.6) is 0 Å². The third-order valence-electron chi connectivity index (χ3n) is 6.67. The average molecular weight is 599 g/mol. The van der Waals surface area contributed by atoms with E-state index in [9.17, 15) is 37.9 Å². The van der Waals surface area contributed by atoms with Gasteiger partial charge < -0.3 is 20.3 Å². The van der Waals surface area contributed by atoms with E-state index in [0.717, 1.165) is 6.07 Å². The minimum absolute atomic E-state index is 0.0195. The van der Waals surface area contributed by atoms with Crippen molar-refractivity contribution in [2.75, 3.05) is 10.6 Å². The van der Waals surface area contributed by atoms with Crippen LogP contribution < -0.4 is 10.6 Å². The zero-order valence-corrected chi connectivity index (χ0v) is 22.8. The van der Waals surface area contributed by atoms with Gasteiger partial charge in [-0.25, -0.2) is 0 Å². The molecule has 0 aliphatic heterocycles. The van der Waals surface area contributed by atoms with Crippen LogP contribution in [0.1, 0.15) is 50.6 Å². The first-order valence-corrected chi connectivity index (χ1v) is 13.0. The fraction of sp³-hybridized carbons (Fsp3) is 0.0938. The number of anilines is 2. The smallest absolute Gasteiger partial charge is 0.380 e. The summed E-state index contributed by atoms with van der Waals surface area (Å²) in [4.78, 5) is 37.5. The predicted molar refractivity (Wildman–Crippen MR) is 154 cm³/mol. The Morgan fingerprint density at radius 1 is 0.955 bits per heavy atom. The molecule has 0 spiro atoms. The van der Waals surface area contributed by atoms with Gasteiger partial charge in [0, 0.05) is 29.4 Å². The van der Waals surface area contributed by atoms with Gasteiger partial charge in [0.05, 0.1) is 22.6 Å². The molecule has 1 aromatic heterocycles. The van der Waals surface area contributed by atoms with Gasteiger partial charge in [-0.1, -0.05) is 47.6 Å². The topological polar surface area (TPSA) is 145 Å². The molecule has 2 amide bonds. The third-order valence-corrected chi connectivity index (χ3v) is 6.67. The molecule has 5 aromatic rings. The average Bonchev–Trinajstić information content (AvgIpc) is 3.44. The van der Waals surface area contributed by atoms with E-state index >= 15 is 0 Å². The van der Waals surface area contributed by atoms with Crippen molar-refractivity contribution in [1.82, 2.24) is 5.16 Å². The number of aliphatic hydroxyl groups is 1. The van der Waals surface area contributed by atoms with E-state index in [2.05, 4.69) is 15.8 Å². The maximum absolute atomic E-state index is 13.9. The first-order valence-electron chi connectivity index (χ1n) is 13.0. The Hall–Kier alpha value is -5.80. The van der Waals surface area contributed by atoms with E-state index in [1.54, 1.807) is 18.2 Å². The number of hydrogen-bond acceptors (Lipinski definition) is 7. The fourth-order valence-corrected chi connectivity index (χ4v) is 4.64. The number of hydrogen-bond donors (Lipinski definition) is 3. The van der Waals surface area contributed by atoms with Gasteiger partial charge >= 0.3 is 6.18 Å². The van der Waals surface area contributed by atoms with Crippen molar-refractivity contribution in [1.29, 1.82) is 5.26 Å². The van der Waals surface area contributed by atoms with Crippen molar-refractivity contribution in [2.45, 2.75) is 19.2 Å². The van der Waals surface area contributed by atoms with Gasteiger partial charge in [0.2, 0.25) is 5.91 Å². The summed E-state index contributed by atoms with van der Waals surface area (Å²) in [6.45, 7) is 1.18. The highest BCUT2D eigenvalue weighted by Crippen LogP contribution is 2.40. The lowest BCUT2D eigenvalue weighted by atomic mass is 9.96. The molecule has 0 fully saturated rings. The number of Topliss-reactive ketones (excluding diaryl/α,β-unsaturated/α-hetero) is 1. The minimum atomic E-state index is -4.74. The van der Waals surface area contributed by atoms with Gasteiger partial charge in [0.25, 0.3) is 5.91 Å². The molecule has 0 aliphatic rings. The molecular formula is C32H21F3N4O5. The second kappa shape index (κ2) is 11.8. The first kappa shape index (κ1) is 29.7. The Morgan fingerprint density at radius 3 is 2.39 bits per heavy atom. The van der Waals surface area contributed by atoms with Crippen LogP contribution in [0.3, 0.4) is 0 Å². The number of ketones is 1. The number of amides is 2. The third kappa shape index (κ3) is 6.04. The van der Waals surface area contributed by atoms with E-state index in [1.165, 1.54) is 67.6 Å². The Balaban J connectivity index is 1.46. The summed E-state index contributed by atoms with van der Waals surface area (Å²) in [6, 6.07) is 21.4. The number of nitrogens with zero attached hydrogens (tertiary/aromatic N) is 2. The molecule has 0 radical (unpaired) electrons. The van der Waals surface area contributed by atoms with Crippen LogP contribution >= 0.6 is 0 Å². The molecule has 0 saturated heterocycles. The minimum Gasteiger partial charge on any atom is -0.380 e. The molecule has 9 nitrogen and oxygen atoms in total. The summed E-state index contributed by atoms with van der Waals surface area (Å²) in [5, 5.41) is 29.1. The number of alkyl halides is 3. The quantitative estimate of drug-likeness (QED) is 0.181. The number of rotatable bonds is 7. The lowest BCUT2D eigenvalue weighted by Crippen LogP contribution is -2.18. The molecule has 0 bridgehead atoms. The normalized spacial score (nSPS) is 11.9. The van der Waals surface area contributed by atoms with Crippen molar-refractivity contribution in [3.63, 3.8) is 0 Å². The van der Waals surface area contributed by atoms with Gasteiger partial charge in [-0.3, -0.25) is 14.4 Å². The zero-order valence-electron chi connectivity index (χ0n) is 22.8. The second-order valence-corrected chi connectivity index (χ2v) is 9.68. The highest BCUT2D eigenvalue weighted by molar-refractivity contribution is 6.12. The maximum Gasteiger partial charge on any atom is 0.417 e. The molecule has 1 unspecified atom stereocenters. The van der Waals surface area contributed by atoms with Gasteiger partial charge in [-0.05, 0) is 53.6 Å². The number of nitrogens with one attached hydrogen (secondary N) is 2. The number of halogens is 3. The number of nitriles is 1. The monoisotopic (exact) mass is 598 g/mol. The summed E-state index contributed by atoms with van der Waals surface area (Å²) >= 11 is 0. The van der Waals surface area contributed by atoms with Gasteiger partial charge in [0.15, 0.2) is 17.1 Å². The lowest BCUT2D eigenvalue weighted by molar-refractivity contribution is -0.137. The zero-order chi connectivity index (χ0) is 31.6. The van der Waals surface area contributed by atoms with Gasteiger partial charge in [-0.15, -0.1) is 0 Å². The maximum atomic E-state index is 13.9. The van der Waals surface area contributed by atoms with Crippen LogP contribution in [-0.4, -0.2) is 27.9 Å². The number of benzene rings is 4. The first-order chi connectivity index (χ1) is 21.0. The van der Waals surface area contributed by atoms with Crippen LogP contribution in [0.4, 0.5) is 24.5 Å². The van der Waals surface area contributed by atoms with Gasteiger partial charge in [-0.2, -0.15) is 18.4 Å². The molecule has 1 atom stereocenters. The van der Waals surface area contributed by atoms with Crippen molar-refractivity contribution < 1.29 is 37.2 Å². The molecule has 44 heavy (non-hydrogen) atoms. The molecule has 1 heterocycles. The summed E-state index contributed by atoms with van der Waals surface area (Å²) in [5.74, 6) is -1.97. The van der Waals surface area contributed by atoms with E-state index in [-0.39, 0.29) is 55.9 Å². The van der Waals surface area contributed by atoms with E-state index < -0.39 is 35.4 Å². The van der Waals surface area contributed by atoms with Crippen molar-refractivity contribution in [2.24, 2.45) is 0 Å². The number of carbonyl (C=O) groups excluding carboxylic acids is 3. The molecular weight excluding hydrogens is 577 g/mol. The number of aromatic nitrogens is 1. The number of aliphatic hydroxyl groups excluding tert-OH is 1. The Bertz CT molecular complexity index is 1960. The van der Waals surface area contributed by atoms with E-state index in [1.807, 2.05) is 6.07 Å². The van der Waals surface area contributed by atoms with Crippen LogP contribution in [0, 0.1) is 11.3 Å². The van der Waals surface area contributed by atoms with Crippen LogP contribution in [0.2, 0.25) is 0 Å². The van der Waals surface area contributed by atoms with Crippen molar-refractivity contribution in [3.8, 4) is 17.2 Å². The van der Waals surface area contributed by atoms with Crippen LogP contribution in [0.15, 0.2) is 89.5 Å². The molecule has 220 valence electrons. The van der Waals surface area contributed by atoms with E-state index in [4.69, 9.17) is 4.52 Å². The SMILES string of the molecule is CC(=O)Nc1ccc(-c2ccc3c(C(=O)Nc4ccc(C#N)cc4C(O)C(=O)c4ccccc4)noc3c2)c(C(F)(F)F)c1. The van der Waals surface area contributed by atoms with Gasteiger partial charge in [0.1, 0.15) is 6.10 Å². The summed E-state index contributed by atoms with van der Waals surface area (Å²) < 4.78 is 47.0. The Morgan fingerprint density at radius 2 is 1.70 bits per heavy atom. The van der Waals surface area contributed by atoms with Crippen molar-refractivity contribution >= 4 is 39.9 Å². The number of fused-ring (bicyclic) bond motifs is 1. The highest BCUT2D eigenvalue weighted by Gasteiger charge is 2.34. The molecule has 3 N–H and O–H groups in total. The fourth-order valence-electron chi connectivity index (χ4n) is 4.64. The molecule has 5 rings (SSSR count). The Kier molecular flexibility index (Phi) is 7.98. The molecule has 0 saturated carbocycles. The molecule has 4 aromatic carbocycles. The predicted octanol–water partition coefficient (Wildman–Crippen LogP) is 6.51. The summed E-state index contributed by atoms with van der Waals surface area (Å²) in [6.07, 6.45) is -6.45. The molecule has 12 heteroatoms. The summed E-state index contributed by atoms with van der Waals surface area (Å²) in [7, 11) is 0.